The normalized spacial score (nSPS) is 14.5. The SMILES string of the molecule is Cc1ccc(-c2cc(-c3c[nH]c4ccccc34)nc(N3CCCCC3)n2)cc1. The molecule has 28 heavy (non-hydrogen) atoms. The molecule has 1 saturated heterocycles. The zero-order valence-electron chi connectivity index (χ0n) is 16.2. The molecule has 0 bridgehead atoms. The van der Waals surface area contributed by atoms with E-state index in [2.05, 4.69) is 77.6 Å². The molecular formula is C24H24N4. The summed E-state index contributed by atoms with van der Waals surface area (Å²) in [5, 5.41) is 1.20. The maximum atomic E-state index is 4.99. The molecule has 0 spiro atoms. The zero-order chi connectivity index (χ0) is 18.9. The van der Waals surface area contributed by atoms with E-state index in [1.807, 2.05) is 0 Å². The molecule has 2 aromatic carbocycles. The van der Waals surface area contributed by atoms with Crippen LogP contribution in [0.25, 0.3) is 33.4 Å². The summed E-state index contributed by atoms with van der Waals surface area (Å²) in [6.45, 7) is 4.18. The number of anilines is 1. The molecule has 1 N–H and O–H groups in total. The number of aromatic nitrogens is 3. The number of hydrogen-bond donors (Lipinski definition) is 1. The maximum absolute atomic E-state index is 4.99. The topological polar surface area (TPSA) is 44.8 Å². The van der Waals surface area contributed by atoms with Crippen molar-refractivity contribution >= 4 is 16.9 Å². The van der Waals surface area contributed by atoms with E-state index >= 15 is 0 Å². The fourth-order valence-corrected chi connectivity index (χ4v) is 3.96. The molecule has 2 aromatic heterocycles. The molecule has 1 fully saturated rings. The third-order valence-corrected chi connectivity index (χ3v) is 5.57. The molecule has 1 aliphatic heterocycles. The Bertz CT molecular complexity index is 1110. The van der Waals surface area contributed by atoms with Crippen molar-refractivity contribution in [2.45, 2.75) is 26.2 Å². The van der Waals surface area contributed by atoms with Crippen molar-refractivity contribution in [1.82, 2.24) is 15.0 Å². The van der Waals surface area contributed by atoms with Gasteiger partial charge >= 0.3 is 0 Å². The van der Waals surface area contributed by atoms with Gasteiger partial charge in [0.2, 0.25) is 5.95 Å². The number of H-pyrrole nitrogens is 1. The lowest BCUT2D eigenvalue weighted by molar-refractivity contribution is 0.568. The van der Waals surface area contributed by atoms with Crippen LogP contribution >= 0.6 is 0 Å². The Labute approximate surface area is 165 Å². The Morgan fingerprint density at radius 1 is 0.857 bits per heavy atom. The van der Waals surface area contributed by atoms with Crippen molar-refractivity contribution in [2.75, 3.05) is 18.0 Å². The molecule has 3 heterocycles. The van der Waals surface area contributed by atoms with Gasteiger partial charge in [-0.1, -0.05) is 48.0 Å². The number of fused-ring (bicyclic) bond motifs is 1. The van der Waals surface area contributed by atoms with Crippen molar-refractivity contribution in [2.24, 2.45) is 0 Å². The molecule has 0 amide bonds. The Balaban J connectivity index is 1.67. The molecule has 4 nitrogen and oxygen atoms in total. The number of nitrogens with one attached hydrogen (secondary N) is 1. The highest BCUT2D eigenvalue weighted by molar-refractivity contribution is 5.95. The number of nitrogens with zero attached hydrogens (tertiary/aromatic N) is 3. The quantitative estimate of drug-likeness (QED) is 0.513. The summed E-state index contributed by atoms with van der Waals surface area (Å²) in [6, 6.07) is 19.1. The van der Waals surface area contributed by atoms with E-state index in [4.69, 9.17) is 9.97 Å². The summed E-state index contributed by atoms with van der Waals surface area (Å²) in [7, 11) is 0. The molecule has 4 aromatic rings. The number of aromatic amines is 1. The van der Waals surface area contributed by atoms with E-state index in [0.717, 1.165) is 47.1 Å². The predicted octanol–water partition coefficient (Wildman–Crippen LogP) is 5.59. The van der Waals surface area contributed by atoms with Crippen LogP contribution in [0, 0.1) is 6.92 Å². The predicted molar refractivity (Wildman–Crippen MR) is 116 cm³/mol. The first kappa shape index (κ1) is 17.0. The van der Waals surface area contributed by atoms with Crippen LogP contribution in [0.5, 0.6) is 0 Å². The zero-order valence-corrected chi connectivity index (χ0v) is 16.2. The van der Waals surface area contributed by atoms with Crippen molar-refractivity contribution < 1.29 is 0 Å². The first-order chi connectivity index (χ1) is 13.8. The van der Waals surface area contributed by atoms with Gasteiger partial charge in [-0.3, -0.25) is 0 Å². The standard InChI is InChI=1S/C24H24N4/c1-17-9-11-18(12-10-17)22-15-23(20-16-25-21-8-4-3-7-19(20)21)27-24(26-22)28-13-5-2-6-14-28/h3-4,7-12,15-16,25H,2,5-6,13-14H2,1H3. The monoisotopic (exact) mass is 368 g/mol. The van der Waals surface area contributed by atoms with Gasteiger partial charge in [0.1, 0.15) is 0 Å². The first-order valence-electron chi connectivity index (χ1n) is 10.1. The van der Waals surface area contributed by atoms with E-state index in [0.29, 0.717) is 0 Å². The summed E-state index contributed by atoms with van der Waals surface area (Å²) in [4.78, 5) is 15.7. The summed E-state index contributed by atoms with van der Waals surface area (Å²) >= 11 is 0. The molecular weight excluding hydrogens is 344 g/mol. The van der Waals surface area contributed by atoms with Gasteiger partial charge in [-0.15, -0.1) is 0 Å². The van der Waals surface area contributed by atoms with Crippen LogP contribution in [0.15, 0.2) is 60.8 Å². The largest absolute Gasteiger partial charge is 0.360 e. The second kappa shape index (κ2) is 7.12. The van der Waals surface area contributed by atoms with Gasteiger partial charge in [0.25, 0.3) is 0 Å². The smallest absolute Gasteiger partial charge is 0.226 e. The van der Waals surface area contributed by atoms with Gasteiger partial charge < -0.3 is 9.88 Å². The maximum Gasteiger partial charge on any atom is 0.226 e. The van der Waals surface area contributed by atoms with Crippen LogP contribution in [0.3, 0.4) is 0 Å². The molecule has 5 rings (SSSR count). The Kier molecular flexibility index (Phi) is 4.32. The first-order valence-corrected chi connectivity index (χ1v) is 10.1. The highest BCUT2D eigenvalue weighted by Crippen LogP contribution is 2.31. The summed E-state index contributed by atoms with van der Waals surface area (Å²) < 4.78 is 0. The van der Waals surface area contributed by atoms with Crippen molar-refractivity contribution in [3.63, 3.8) is 0 Å². The molecule has 4 heteroatoms. The second-order valence-electron chi connectivity index (χ2n) is 7.60. The van der Waals surface area contributed by atoms with E-state index in [-0.39, 0.29) is 0 Å². The lowest BCUT2D eigenvalue weighted by Gasteiger charge is -2.27. The van der Waals surface area contributed by atoms with Gasteiger partial charge in [-0.25, -0.2) is 9.97 Å². The number of rotatable bonds is 3. The Hall–Kier alpha value is -3.14. The van der Waals surface area contributed by atoms with E-state index in [9.17, 15) is 0 Å². The van der Waals surface area contributed by atoms with E-state index in [1.165, 1.54) is 30.2 Å². The van der Waals surface area contributed by atoms with Crippen molar-refractivity contribution in [3.8, 4) is 22.5 Å². The minimum Gasteiger partial charge on any atom is -0.360 e. The lowest BCUT2D eigenvalue weighted by Crippen LogP contribution is -2.31. The highest BCUT2D eigenvalue weighted by atomic mass is 15.3. The average Bonchev–Trinajstić information content (AvgIpc) is 3.19. The molecule has 0 unspecified atom stereocenters. The third-order valence-electron chi connectivity index (χ3n) is 5.57. The molecule has 0 aliphatic carbocycles. The molecule has 0 atom stereocenters. The second-order valence-corrected chi connectivity index (χ2v) is 7.60. The van der Waals surface area contributed by atoms with Crippen LogP contribution in [-0.2, 0) is 0 Å². The molecule has 0 radical (unpaired) electrons. The summed E-state index contributed by atoms with van der Waals surface area (Å²) in [5.41, 5.74) is 6.61. The van der Waals surface area contributed by atoms with Gasteiger partial charge in [-0.05, 0) is 38.3 Å². The minimum atomic E-state index is 0.845. The molecule has 0 saturated carbocycles. The number of aryl methyl sites for hydroxylation is 1. The van der Waals surface area contributed by atoms with Crippen LogP contribution in [-0.4, -0.2) is 28.0 Å². The average molecular weight is 368 g/mol. The van der Waals surface area contributed by atoms with Gasteiger partial charge in [0, 0.05) is 41.3 Å². The Morgan fingerprint density at radius 3 is 2.43 bits per heavy atom. The number of benzene rings is 2. The van der Waals surface area contributed by atoms with Gasteiger partial charge in [-0.2, -0.15) is 0 Å². The molecule has 1 aliphatic rings. The van der Waals surface area contributed by atoms with Crippen LogP contribution in [0.2, 0.25) is 0 Å². The van der Waals surface area contributed by atoms with E-state index < -0.39 is 0 Å². The Morgan fingerprint density at radius 2 is 1.61 bits per heavy atom. The fraction of sp³-hybridized carbons (Fsp3) is 0.250. The van der Waals surface area contributed by atoms with E-state index in [1.54, 1.807) is 0 Å². The van der Waals surface area contributed by atoms with Crippen LogP contribution in [0.1, 0.15) is 24.8 Å². The van der Waals surface area contributed by atoms with Crippen LogP contribution in [0.4, 0.5) is 5.95 Å². The number of piperidine rings is 1. The van der Waals surface area contributed by atoms with Gasteiger partial charge in [0.15, 0.2) is 0 Å². The summed E-state index contributed by atoms with van der Waals surface area (Å²) in [5.74, 6) is 0.845. The van der Waals surface area contributed by atoms with Gasteiger partial charge in [0.05, 0.1) is 11.4 Å². The van der Waals surface area contributed by atoms with Crippen molar-refractivity contribution in [3.05, 3.63) is 66.4 Å². The summed E-state index contributed by atoms with van der Waals surface area (Å²) in [6.07, 6.45) is 5.77. The van der Waals surface area contributed by atoms with Crippen LogP contribution < -0.4 is 4.90 Å². The van der Waals surface area contributed by atoms with Crippen molar-refractivity contribution in [1.29, 1.82) is 0 Å². The lowest BCUT2D eigenvalue weighted by atomic mass is 10.1. The number of hydrogen-bond acceptors (Lipinski definition) is 3. The molecule has 140 valence electrons. The number of para-hydroxylation sites is 1. The highest BCUT2D eigenvalue weighted by Gasteiger charge is 2.18. The third kappa shape index (κ3) is 3.15. The minimum absolute atomic E-state index is 0.845. The fourth-order valence-electron chi connectivity index (χ4n) is 3.96.